The van der Waals surface area contributed by atoms with Crippen molar-refractivity contribution in [1.29, 1.82) is 0 Å². The van der Waals surface area contributed by atoms with E-state index in [9.17, 15) is 0 Å². The van der Waals surface area contributed by atoms with Crippen molar-refractivity contribution in [3.05, 3.63) is 42.1 Å². The highest BCUT2D eigenvalue weighted by molar-refractivity contribution is 5.59. The fraction of sp³-hybridized carbons (Fsp3) is 0.526. The summed E-state index contributed by atoms with van der Waals surface area (Å²) in [6.45, 7) is 0.633. The molecule has 1 aliphatic carbocycles. The lowest BCUT2D eigenvalue weighted by molar-refractivity contribution is -0.177. The zero-order valence-electron chi connectivity index (χ0n) is 13.7. The number of aromatic nitrogens is 2. The van der Waals surface area contributed by atoms with E-state index < -0.39 is 0 Å². The molecule has 1 spiro atoms. The Balaban J connectivity index is 1.56. The molecule has 0 N–H and O–H groups in total. The number of aryl methyl sites for hydroxylation is 1. The fourth-order valence-electron chi connectivity index (χ4n) is 3.76. The Hall–Kier alpha value is -1.65. The predicted molar refractivity (Wildman–Crippen MR) is 88.9 cm³/mol. The molecule has 2 heterocycles. The minimum absolute atomic E-state index is 0.0111. The second-order valence-electron chi connectivity index (χ2n) is 6.69. The summed E-state index contributed by atoms with van der Waals surface area (Å²) in [5.41, 5.74) is 3.23. The Labute approximate surface area is 137 Å². The van der Waals surface area contributed by atoms with Gasteiger partial charge in [0.2, 0.25) is 0 Å². The number of hydrogen-bond acceptors (Lipinski definition) is 3. The Kier molecular flexibility index (Phi) is 3.95. The molecule has 1 saturated heterocycles. The molecule has 0 amide bonds. The molecule has 1 aliphatic heterocycles. The van der Waals surface area contributed by atoms with Crippen molar-refractivity contribution in [3.8, 4) is 11.3 Å². The molecule has 4 heteroatoms. The monoisotopic (exact) mass is 312 g/mol. The van der Waals surface area contributed by atoms with Gasteiger partial charge in [-0.15, -0.1) is 0 Å². The normalized spacial score (nSPS) is 24.0. The SMILES string of the molecule is Cn1nc(-c2ccccc2)cc1C1COC2(CCCCCC2)O1. The molecular weight excluding hydrogens is 288 g/mol. The van der Waals surface area contributed by atoms with Crippen molar-refractivity contribution in [2.75, 3.05) is 6.61 Å². The van der Waals surface area contributed by atoms with Crippen molar-refractivity contribution in [2.45, 2.75) is 50.4 Å². The number of nitrogens with zero attached hydrogens (tertiary/aromatic N) is 2. The maximum Gasteiger partial charge on any atom is 0.169 e. The Morgan fingerprint density at radius 3 is 2.57 bits per heavy atom. The molecule has 1 atom stereocenters. The molecule has 1 saturated carbocycles. The van der Waals surface area contributed by atoms with Crippen molar-refractivity contribution in [1.82, 2.24) is 9.78 Å². The number of rotatable bonds is 2. The van der Waals surface area contributed by atoms with Gasteiger partial charge in [-0.2, -0.15) is 5.10 Å². The molecule has 2 fully saturated rings. The van der Waals surface area contributed by atoms with E-state index in [1.165, 1.54) is 25.7 Å². The number of hydrogen-bond donors (Lipinski definition) is 0. The maximum absolute atomic E-state index is 6.40. The van der Waals surface area contributed by atoms with E-state index >= 15 is 0 Å². The summed E-state index contributed by atoms with van der Waals surface area (Å²) >= 11 is 0. The molecule has 4 nitrogen and oxygen atoms in total. The average Bonchev–Trinajstić information content (AvgIpc) is 3.07. The van der Waals surface area contributed by atoms with Gasteiger partial charge in [0.1, 0.15) is 6.10 Å². The third-order valence-corrected chi connectivity index (χ3v) is 5.04. The van der Waals surface area contributed by atoms with Crippen LogP contribution in [-0.4, -0.2) is 22.2 Å². The van der Waals surface area contributed by atoms with Crippen LogP contribution in [0.5, 0.6) is 0 Å². The highest BCUT2D eigenvalue weighted by atomic mass is 16.7. The van der Waals surface area contributed by atoms with Crippen LogP contribution in [0.1, 0.15) is 50.3 Å². The number of ether oxygens (including phenoxy) is 2. The Morgan fingerprint density at radius 2 is 1.83 bits per heavy atom. The first-order chi connectivity index (χ1) is 11.3. The maximum atomic E-state index is 6.40. The van der Waals surface area contributed by atoms with Gasteiger partial charge in [0.15, 0.2) is 5.79 Å². The third kappa shape index (κ3) is 2.93. The Morgan fingerprint density at radius 1 is 1.09 bits per heavy atom. The standard InChI is InChI=1S/C19H24N2O2/c1-21-17(13-16(20-21)15-9-5-4-6-10-15)18-14-22-19(23-18)11-7-2-3-8-12-19/h4-6,9-10,13,18H,2-3,7-8,11-12,14H2,1H3. The first-order valence-electron chi connectivity index (χ1n) is 8.67. The van der Waals surface area contributed by atoms with Crippen LogP contribution in [0.2, 0.25) is 0 Å². The second kappa shape index (κ2) is 6.10. The van der Waals surface area contributed by atoms with Crippen LogP contribution in [0.4, 0.5) is 0 Å². The molecule has 122 valence electrons. The van der Waals surface area contributed by atoms with Gasteiger partial charge in [-0.3, -0.25) is 4.68 Å². The van der Waals surface area contributed by atoms with E-state index in [1.807, 2.05) is 29.9 Å². The topological polar surface area (TPSA) is 36.3 Å². The van der Waals surface area contributed by atoms with Gasteiger partial charge in [-0.1, -0.05) is 43.2 Å². The van der Waals surface area contributed by atoms with Crippen LogP contribution >= 0.6 is 0 Å². The largest absolute Gasteiger partial charge is 0.347 e. The van der Waals surface area contributed by atoms with E-state index in [0.717, 1.165) is 29.8 Å². The van der Waals surface area contributed by atoms with Gasteiger partial charge in [-0.25, -0.2) is 0 Å². The summed E-state index contributed by atoms with van der Waals surface area (Å²) in [5, 5.41) is 4.66. The molecule has 1 aromatic heterocycles. The van der Waals surface area contributed by atoms with Crippen molar-refractivity contribution in [2.24, 2.45) is 7.05 Å². The van der Waals surface area contributed by atoms with Gasteiger partial charge in [0.25, 0.3) is 0 Å². The lowest BCUT2D eigenvalue weighted by Crippen LogP contribution is -2.29. The second-order valence-corrected chi connectivity index (χ2v) is 6.69. The summed E-state index contributed by atoms with van der Waals surface area (Å²) in [5.74, 6) is -0.349. The van der Waals surface area contributed by atoms with Crippen molar-refractivity contribution < 1.29 is 9.47 Å². The molecule has 2 aliphatic rings. The molecule has 4 rings (SSSR count). The third-order valence-electron chi connectivity index (χ3n) is 5.04. The first kappa shape index (κ1) is 14.9. The fourth-order valence-corrected chi connectivity index (χ4v) is 3.76. The zero-order chi connectivity index (χ0) is 15.7. The highest BCUT2D eigenvalue weighted by Gasteiger charge is 2.42. The van der Waals surface area contributed by atoms with Gasteiger partial charge >= 0.3 is 0 Å². The van der Waals surface area contributed by atoms with E-state index in [4.69, 9.17) is 9.47 Å². The van der Waals surface area contributed by atoms with Crippen molar-refractivity contribution >= 4 is 0 Å². The molecule has 2 aromatic rings. The lowest BCUT2D eigenvalue weighted by Gasteiger charge is -2.26. The predicted octanol–water partition coefficient (Wildman–Crippen LogP) is 4.23. The molecular formula is C19H24N2O2. The van der Waals surface area contributed by atoms with Crippen LogP contribution in [0.15, 0.2) is 36.4 Å². The lowest BCUT2D eigenvalue weighted by atomic mass is 10.1. The minimum atomic E-state index is -0.349. The zero-order valence-corrected chi connectivity index (χ0v) is 13.7. The van der Waals surface area contributed by atoms with Crippen LogP contribution in [0, 0.1) is 0 Å². The van der Waals surface area contributed by atoms with Gasteiger partial charge in [-0.05, 0) is 18.9 Å². The van der Waals surface area contributed by atoms with E-state index in [1.54, 1.807) is 0 Å². The summed E-state index contributed by atoms with van der Waals surface area (Å²) in [6, 6.07) is 12.4. The number of benzene rings is 1. The van der Waals surface area contributed by atoms with E-state index in [0.29, 0.717) is 6.61 Å². The average molecular weight is 312 g/mol. The minimum Gasteiger partial charge on any atom is -0.347 e. The quantitative estimate of drug-likeness (QED) is 0.833. The van der Waals surface area contributed by atoms with Gasteiger partial charge in [0, 0.05) is 25.5 Å². The van der Waals surface area contributed by atoms with Gasteiger partial charge in [0.05, 0.1) is 18.0 Å². The summed E-state index contributed by atoms with van der Waals surface area (Å²) in [7, 11) is 1.99. The van der Waals surface area contributed by atoms with Crippen LogP contribution in [0.3, 0.4) is 0 Å². The molecule has 1 unspecified atom stereocenters. The van der Waals surface area contributed by atoms with Crippen LogP contribution in [-0.2, 0) is 16.5 Å². The van der Waals surface area contributed by atoms with Crippen LogP contribution in [0.25, 0.3) is 11.3 Å². The molecule has 0 radical (unpaired) electrons. The summed E-state index contributed by atoms with van der Waals surface area (Å²) < 4.78 is 14.5. The van der Waals surface area contributed by atoms with Crippen LogP contribution < -0.4 is 0 Å². The highest BCUT2D eigenvalue weighted by Crippen LogP contribution is 2.42. The molecule has 0 bridgehead atoms. The summed E-state index contributed by atoms with van der Waals surface area (Å²) in [4.78, 5) is 0. The van der Waals surface area contributed by atoms with E-state index in [2.05, 4.69) is 23.3 Å². The molecule has 1 aromatic carbocycles. The Bertz CT molecular complexity index is 657. The van der Waals surface area contributed by atoms with Gasteiger partial charge < -0.3 is 9.47 Å². The van der Waals surface area contributed by atoms with E-state index in [-0.39, 0.29) is 11.9 Å². The first-order valence-corrected chi connectivity index (χ1v) is 8.67. The van der Waals surface area contributed by atoms with Crippen molar-refractivity contribution in [3.63, 3.8) is 0 Å². The summed E-state index contributed by atoms with van der Waals surface area (Å²) in [6.07, 6.45) is 7.02. The smallest absolute Gasteiger partial charge is 0.169 e. The molecule has 23 heavy (non-hydrogen) atoms.